The molecule has 2 rings (SSSR count). The highest BCUT2D eigenvalue weighted by Crippen LogP contribution is 2.24. The van der Waals surface area contributed by atoms with Gasteiger partial charge >= 0.3 is 0 Å². The summed E-state index contributed by atoms with van der Waals surface area (Å²) >= 11 is 5.88. The number of alkyl halides is 1. The quantitative estimate of drug-likeness (QED) is 0.735. The summed E-state index contributed by atoms with van der Waals surface area (Å²) in [6, 6.07) is -0.0323. The van der Waals surface area contributed by atoms with Gasteiger partial charge in [0.25, 0.3) is 10.2 Å². The first-order chi connectivity index (χ1) is 9.09. The third kappa shape index (κ3) is 3.42. The minimum atomic E-state index is -3.36. The van der Waals surface area contributed by atoms with Crippen LogP contribution in [0.2, 0.25) is 0 Å². The first-order valence-electron chi connectivity index (χ1n) is 7.00. The highest BCUT2D eigenvalue weighted by molar-refractivity contribution is 7.86. The van der Waals surface area contributed by atoms with Crippen molar-refractivity contribution in [3.8, 4) is 0 Å². The van der Waals surface area contributed by atoms with Gasteiger partial charge in [0.2, 0.25) is 0 Å². The average Bonchev–Trinajstić information content (AvgIpc) is 2.47. The molecule has 0 spiro atoms. The molecule has 2 aliphatic rings. The molecule has 0 saturated carbocycles. The maximum atomic E-state index is 12.7. The van der Waals surface area contributed by atoms with E-state index in [4.69, 9.17) is 16.3 Å². The Kier molecular flexibility index (Phi) is 5.48. The topological polar surface area (TPSA) is 49.9 Å². The van der Waals surface area contributed by atoms with E-state index in [2.05, 4.69) is 0 Å². The lowest BCUT2D eigenvalue weighted by molar-refractivity contribution is 0.0278. The number of ether oxygens (including phenoxy) is 1. The van der Waals surface area contributed by atoms with Crippen molar-refractivity contribution < 1.29 is 13.2 Å². The Labute approximate surface area is 121 Å². The summed E-state index contributed by atoms with van der Waals surface area (Å²) < 4.78 is 34.1. The zero-order valence-corrected chi connectivity index (χ0v) is 13.0. The van der Waals surface area contributed by atoms with Crippen molar-refractivity contribution in [3.05, 3.63) is 0 Å². The Balaban J connectivity index is 2.11. The fraction of sp³-hybridized carbons (Fsp3) is 1.00. The standard InChI is InChI=1S/C12H23ClN2O3S/c1-2-12-10-18-7-6-15(12)19(16,17)14-5-3-4-11(8-13)9-14/h11-12H,2-10H2,1H3. The van der Waals surface area contributed by atoms with Gasteiger partial charge in [-0.25, -0.2) is 0 Å². The molecule has 7 heteroatoms. The molecule has 2 heterocycles. The third-order valence-electron chi connectivity index (χ3n) is 3.97. The molecule has 0 aromatic carbocycles. The number of rotatable bonds is 4. The average molecular weight is 311 g/mol. The molecule has 2 aliphatic heterocycles. The van der Waals surface area contributed by atoms with Gasteiger partial charge in [-0.15, -0.1) is 11.6 Å². The maximum absolute atomic E-state index is 12.7. The largest absolute Gasteiger partial charge is 0.378 e. The predicted molar refractivity (Wildman–Crippen MR) is 75.5 cm³/mol. The van der Waals surface area contributed by atoms with Crippen LogP contribution in [-0.4, -0.2) is 61.8 Å². The maximum Gasteiger partial charge on any atom is 0.282 e. The van der Waals surface area contributed by atoms with Crippen LogP contribution in [0.4, 0.5) is 0 Å². The zero-order chi connectivity index (χ0) is 13.9. The van der Waals surface area contributed by atoms with Crippen LogP contribution in [0.1, 0.15) is 26.2 Å². The van der Waals surface area contributed by atoms with Crippen LogP contribution in [0.25, 0.3) is 0 Å². The Bertz CT molecular complexity index is 390. The highest BCUT2D eigenvalue weighted by atomic mass is 35.5. The molecule has 0 bridgehead atoms. The Morgan fingerprint density at radius 2 is 2.16 bits per heavy atom. The van der Waals surface area contributed by atoms with Crippen molar-refractivity contribution in [3.63, 3.8) is 0 Å². The molecular weight excluding hydrogens is 288 g/mol. The van der Waals surface area contributed by atoms with Crippen molar-refractivity contribution in [1.82, 2.24) is 8.61 Å². The molecule has 2 fully saturated rings. The zero-order valence-electron chi connectivity index (χ0n) is 11.4. The van der Waals surface area contributed by atoms with Gasteiger partial charge in [-0.2, -0.15) is 17.0 Å². The molecule has 2 atom stereocenters. The first kappa shape index (κ1) is 15.5. The number of piperidine rings is 1. The molecule has 0 N–H and O–H groups in total. The van der Waals surface area contributed by atoms with Crippen molar-refractivity contribution in [1.29, 1.82) is 0 Å². The Morgan fingerprint density at radius 3 is 2.84 bits per heavy atom. The number of hydrogen-bond donors (Lipinski definition) is 0. The summed E-state index contributed by atoms with van der Waals surface area (Å²) in [6.07, 6.45) is 2.71. The van der Waals surface area contributed by atoms with E-state index >= 15 is 0 Å². The van der Waals surface area contributed by atoms with Crippen LogP contribution in [0.15, 0.2) is 0 Å². The SMILES string of the molecule is CCC1COCCN1S(=O)(=O)N1CCCC(CCl)C1. The lowest BCUT2D eigenvalue weighted by Crippen LogP contribution is -2.55. The van der Waals surface area contributed by atoms with Crippen LogP contribution in [0, 0.1) is 5.92 Å². The van der Waals surface area contributed by atoms with Gasteiger partial charge in [0, 0.05) is 31.6 Å². The van der Waals surface area contributed by atoms with E-state index in [1.165, 1.54) is 0 Å². The summed E-state index contributed by atoms with van der Waals surface area (Å²) in [5.41, 5.74) is 0. The van der Waals surface area contributed by atoms with Gasteiger partial charge < -0.3 is 4.74 Å². The molecular formula is C12H23ClN2O3S. The summed E-state index contributed by atoms with van der Waals surface area (Å²) in [4.78, 5) is 0. The van der Waals surface area contributed by atoms with Gasteiger partial charge in [-0.05, 0) is 25.2 Å². The number of halogens is 1. The molecule has 0 aromatic rings. The summed E-state index contributed by atoms with van der Waals surface area (Å²) in [5, 5.41) is 0. The fourth-order valence-corrected chi connectivity index (χ4v) is 4.98. The highest BCUT2D eigenvalue weighted by Gasteiger charge is 2.38. The molecule has 5 nitrogen and oxygen atoms in total. The van der Waals surface area contributed by atoms with Crippen molar-refractivity contribution in [2.75, 3.05) is 38.7 Å². The van der Waals surface area contributed by atoms with Crippen LogP contribution in [0.3, 0.4) is 0 Å². The molecule has 0 aliphatic carbocycles. The first-order valence-corrected chi connectivity index (χ1v) is 8.93. The van der Waals surface area contributed by atoms with Crippen LogP contribution < -0.4 is 0 Å². The molecule has 112 valence electrons. The summed E-state index contributed by atoms with van der Waals surface area (Å²) in [6.45, 7) is 4.62. The van der Waals surface area contributed by atoms with E-state index in [0.717, 1.165) is 19.3 Å². The van der Waals surface area contributed by atoms with E-state index in [9.17, 15) is 8.42 Å². The van der Waals surface area contributed by atoms with Gasteiger partial charge in [-0.1, -0.05) is 6.92 Å². The minimum Gasteiger partial charge on any atom is -0.378 e. The van der Waals surface area contributed by atoms with Crippen molar-refractivity contribution in [2.24, 2.45) is 5.92 Å². The van der Waals surface area contributed by atoms with Gasteiger partial charge in [0.15, 0.2) is 0 Å². The Morgan fingerprint density at radius 1 is 1.37 bits per heavy atom. The van der Waals surface area contributed by atoms with E-state index in [1.807, 2.05) is 6.92 Å². The molecule has 19 heavy (non-hydrogen) atoms. The molecule has 0 aromatic heterocycles. The monoisotopic (exact) mass is 310 g/mol. The molecule has 2 unspecified atom stereocenters. The second-order valence-electron chi connectivity index (χ2n) is 5.28. The van der Waals surface area contributed by atoms with Crippen molar-refractivity contribution >= 4 is 21.8 Å². The van der Waals surface area contributed by atoms with E-state index in [-0.39, 0.29) is 12.0 Å². The number of hydrogen-bond acceptors (Lipinski definition) is 3. The van der Waals surface area contributed by atoms with E-state index in [0.29, 0.717) is 38.7 Å². The molecule has 0 radical (unpaired) electrons. The lowest BCUT2D eigenvalue weighted by atomic mass is 10.0. The second-order valence-corrected chi connectivity index (χ2v) is 7.47. The van der Waals surface area contributed by atoms with Gasteiger partial charge in [-0.3, -0.25) is 0 Å². The number of morpholine rings is 1. The molecule has 2 saturated heterocycles. The van der Waals surface area contributed by atoms with E-state index in [1.54, 1.807) is 8.61 Å². The third-order valence-corrected chi connectivity index (χ3v) is 6.46. The fourth-order valence-electron chi connectivity index (χ4n) is 2.78. The normalized spacial score (nSPS) is 31.5. The van der Waals surface area contributed by atoms with Crippen molar-refractivity contribution in [2.45, 2.75) is 32.2 Å². The van der Waals surface area contributed by atoms with Crippen LogP contribution in [0.5, 0.6) is 0 Å². The summed E-state index contributed by atoms with van der Waals surface area (Å²) in [7, 11) is -3.36. The Hall–Kier alpha value is 0.120. The number of nitrogens with zero attached hydrogens (tertiary/aromatic N) is 2. The van der Waals surface area contributed by atoms with Gasteiger partial charge in [0.1, 0.15) is 0 Å². The van der Waals surface area contributed by atoms with E-state index < -0.39 is 10.2 Å². The second kappa shape index (κ2) is 6.72. The molecule has 0 amide bonds. The predicted octanol–water partition coefficient (Wildman–Crippen LogP) is 1.29. The minimum absolute atomic E-state index is 0.0323. The van der Waals surface area contributed by atoms with Gasteiger partial charge in [0.05, 0.1) is 13.2 Å². The smallest absolute Gasteiger partial charge is 0.282 e. The summed E-state index contributed by atoms with van der Waals surface area (Å²) in [5.74, 6) is 0.818. The van der Waals surface area contributed by atoms with Crippen LogP contribution in [-0.2, 0) is 14.9 Å². The lowest BCUT2D eigenvalue weighted by Gasteiger charge is -2.39. The van der Waals surface area contributed by atoms with Crippen LogP contribution >= 0.6 is 11.6 Å².